The van der Waals surface area contributed by atoms with Crippen LogP contribution >= 0.6 is 0 Å². The van der Waals surface area contributed by atoms with Gasteiger partial charge in [-0.15, -0.1) is 0 Å². The zero-order valence-corrected chi connectivity index (χ0v) is 3.71. The molecule has 0 saturated heterocycles. The van der Waals surface area contributed by atoms with Crippen LogP contribution in [0.25, 0.3) is 0 Å². The summed E-state index contributed by atoms with van der Waals surface area (Å²) in [5, 5.41) is 7.01. The second-order valence-corrected chi connectivity index (χ2v) is 0.202. The molecule has 5 heavy (non-hydrogen) atoms. The van der Waals surface area contributed by atoms with Crippen molar-refractivity contribution in [3.8, 4) is 0 Å². The number of carbonyl (C=O) groups is 1. The molecule has 0 heterocycles. The SMILES string of the molecule is O=COO.[Pd]. The van der Waals surface area contributed by atoms with E-state index < -0.39 is 0 Å². The van der Waals surface area contributed by atoms with E-state index in [1.807, 2.05) is 0 Å². The van der Waals surface area contributed by atoms with Gasteiger partial charge in [0.2, 0.25) is 0 Å². The number of rotatable bonds is 1. The fourth-order valence-corrected chi connectivity index (χ4v) is 0. The van der Waals surface area contributed by atoms with Crippen molar-refractivity contribution in [3.05, 3.63) is 0 Å². The predicted octanol–water partition coefficient (Wildman–Crippen LogP) is -0.370. The average Bonchev–Trinajstić information content (AvgIpc) is 1.37. The summed E-state index contributed by atoms with van der Waals surface area (Å²) in [6.07, 6.45) is 0. The van der Waals surface area contributed by atoms with Gasteiger partial charge in [-0.25, -0.2) is 5.26 Å². The fourth-order valence-electron chi connectivity index (χ4n) is 0. The first-order valence-electron chi connectivity index (χ1n) is 0.654. The summed E-state index contributed by atoms with van der Waals surface area (Å²) >= 11 is 0. The van der Waals surface area contributed by atoms with E-state index >= 15 is 0 Å². The molecule has 0 rings (SSSR count). The van der Waals surface area contributed by atoms with Crippen LogP contribution in [0.2, 0.25) is 0 Å². The molecule has 4 heteroatoms. The van der Waals surface area contributed by atoms with Gasteiger partial charge in [0, 0.05) is 20.4 Å². The normalized spacial score (nSPS) is 4.20. The minimum atomic E-state index is -0.0694. The van der Waals surface area contributed by atoms with E-state index in [-0.39, 0.29) is 26.9 Å². The second-order valence-electron chi connectivity index (χ2n) is 0.202. The zero-order chi connectivity index (χ0) is 3.41. The molecular weight excluding hydrogens is 166 g/mol. The van der Waals surface area contributed by atoms with Crippen molar-refractivity contribution in [3.63, 3.8) is 0 Å². The molecule has 0 aliphatic carbocycles. The van der Waals surface area contributed by atoms with Gasteiger partial charge in [0.25, 0.3) is 0 Å². The first-order chi connectivity index (χ1) is 1.91. The van der Waals surface area contributed by atoms with Crippen LogP contribution in [0.5, 0.6) is 0 Å². The Hall–Kier alpha value is 0.0923. The van der Waals surface area contributed by atoms with Crippen molar-refractivity contribution in [2.45, 2.75) is 0 Å². The van der Waals surface area contributed by atoms with Crippen molar-refractivity contribution in [1.29, 1.82) is 0 Å². The molecule has 0 saturated carbocycles. The van der Waals surface area contributed by atoms with Gasteiger partial charge in [0.15, 0.2) is 0 Å². The number of carbonyl (C=O) groups excluding carboxylic acids is 1. The van der Waals surface area contributed by atoms with Gasteiger partial charge in [-0.3, -0.25) is 4.79 Å². The molecule has 34 valence electrons. The van der Waals surface area contributed by atoms with E-state index in [0.717, 1.165) is 0 Å². The standard InChI is InChI=1S/CH2O3.Pd/c2-1-4-3;/h1,3H;. The van der Waals surface area contributed by atoms with Gasteiger partial charge in [-0.1, -0.05) is 0 Å². The predicted molar refractivity (Wildman–Crippen MR) is 9.78 cm³/mol. The molecule has 0 aliphatic rings. The van der Waals surface area contributed by atoms with Crippen LogP contribution in [0.3, 0.4) is 0 Å². The molecule has 0 aromatic carbocycles. The molecule has 0 radical (unpaired) electrons. The molecule has 0 aromatic heterocycles. The molecule has 0 spiro atoms. The molecule has 1 N–H and O–H groups in total. The van der Waals surface area contributed by atoms with E-state index in [2.05, 4.69) is 4.89 Å². The maximum atomic E-state index is 8.70. The Morgan fingerprint density at radius 3 is 2.00 bits per heavy atom. The van der Waals surface area contributed by atoms with Crippen molar-refractivity contribution < 1.29 is 35.4 Å². The Morgan fingerprint density at radius 2 is 2.00 bits per heavy atom. The molecule has 0 bridgehead atoms. The van der Waals surface area contributed by atoms with Crippen LogP contribution < -0.4 is 0 Å². The molecule has 0 amide bonds. The van der Waals surface area contributed by atoms with Gasteiger partial charge in [0.05, 0.1) is 0 Å². The zero-order valence-electron chi connectivity index (χ0n) is 2.16. The fraction of sp³-hybridized carbons (Fsp3) is 0. The summed E-state index contributed by atoms with van der Waals surface area (Å²) in [6.45, 7) is -0.0694. The third-order valence-electron chi connectivity index (χ3n) is 0.0430. The molecular formula is CH2O3Pd. The Balaban J connectivity index is 0. The smallest absolute Gasteiger partial charge is 0.304 e. The summed E-state index contributed by atoms with van der Waals surface area (Å²) in [5.74, 6) is 0. The number of hydrogen-bond acceptors (Lipinski definition) is 3. The summed E-state index contributed by atoms with van der Waals surface area (Å²) in [4.78, 5) is 11.6. The van der Waals surface area contributed by atoms with E-state index in [1.54, 1.807) is 0 Å². The maximum absolute atomic E-state index is 8.70. The molecule has 0 aliphatic heterocycles. The first kappa shape index (κ1) is 8.92. The molecule has 0 atom stereocenters. The van der Waals surface area contributed by atoms with Crippen LogP contribution in [0, 0.1) is 0 Å². The van der Waals surface area contributed by atoms with E-state index in [0.29, 0.717) is 0 Å². The minimum Gasteiger partial charge on any atom is -0.304 e. The Bertz CT molecular complexity index is 20.9. The van der Waals surface area contributed by atoms with Crippen molar-refractivity contribution in [1.82, 2.24) is 0 Å². The topological polar surface area (TPSA) is 46.5 Å². The van der Waals surface area contributed by atoms with E-state index in [4.69, 9.17) is 10.1 Å². The number of hydrogen-bond donors (Lipinski definition) is 1. The molecule has 0 unspecified atom stereocenters. The van der Waals surface area contributed by atoms with Crippen molar-refractivity contribution in [2.24, 2.45) is 0 Å². The van der Waals surface area contributed by atoms with Gasteiger partial charge < -0.3 is 4.89 Å². The Labute approximate surface area is 42.5 Å². The third kappa shape index (κ3) is 15.0. The van der Waals surface area contributed by atoms with Crippen LogP contribution in [-0.4, -0.2) is 11.7 Å². The quantitative estimate of drug-likeness (QED) is 0.252. The molecule has 0 fully saturated rings. The van der Waals surface area contributed by atoms with E-state index in [9.17, 15) is 0 Å². The van der Waals surface area contributed by atoms with Gasteiger partial charge >= 0.3 is 6.47 Å². The van der Waals surface area contributed by atoms with Gasteiger partial charge in [-0.05, 0) is 0 Å². The molecule has 3 nitrogen and oxygen atoms in total. The Morgan fingerprint density at radius 1 is 1.80 bits per heavy atom. The second kappa shape index (κ2) is 8.94. The van der Waals surface area contributed by atoms with Gasteiger partial charge in [-0.2, -0.15) is 0 Å². The Kier molecular flexibility index (Phi) is 15.9. The van der Waals surface area contributed by atoms with Crippen LogP contribution in [0.1, 0.15) is 0 Å². The summed E-state index contributed by atoms with van der Waals surface area (Å²) < 4.78 is 0. The van der Waals surface area contributed by atoms with Crippen LogP contribution in [-0.2, 0) is 30.1 Å². The van der Waals surface area contributed by atoms with Crippen molar-refractivity contribution >= 4 is 6.47 Å². The third-order valence-corrected chi connectivity index (χ3v) is 0.0430. The summed E-state index contributed by atoms with van der Waals surface area (Å²) in [6, 6.07) is 0. The monoisotopic (exact) mass is 168 g/mol. The average molecular weight is 168 g/mol. The summed E-state index contributed by atoms with van der Waals surface area (Å²) in [5.41, 5.74) is 0. The van der Waals surface area contributed by atoms with Gasteiger partial charge in [0.1, 0.15) is 0 Å². The minimum absolute atomic E-state index is 0. The van der Waals surface area contributed by atoms with Crippen molar-refractivity contribution in [2.75, 3.05) is 0 Å². The first-order valence-corrected chi connectivity index (χ1v) is 0.654. The van der Waals surface area contributed by atoms with Crippen LogP contribution in [0.4, 0.5) is 0 Å². The largest absolute Gasteiger partial charge is 0.330 e. The molecule has 0 aromatic rings. The van der Waals surface area contributed by atoms with Crippen LogP contribution in [0.15, 0.2) is 0 Å². The maximum Gasteiger partial charge on any atom is 0.330 e. The summed E-state index contributed by atoms with van der Waals surface area (Å²) in [7, 11) is 0. The van der Waals surface area contributed by atoms with E-state index in [1.165, 1.54) is 0 Å².